The van der Waals surface area contributed by atoms with Crippen LogP contribution in [0.25, 0.3) is 0 Å². The van der Waals surface area contributed by atoms with Gasteiger partial charge in [-0.15, -0.1) is 0 Å². The largest absolute Gasteiger partial charge is 0.343 e. The normalized spacial score (nSPS) is 17.6. The molecule has 1 aliphatic rings. The molecule has 0 fully saturated rings. The van der Waals surface area contributed by atoms with E-state index in [1.165, 1.54) is 17.5 Å². The highest BCUT2D eigenvalue weighted by molar-refractivity contribution is 5.76. The van der Waals surface area contributed by atoms with E-state index in [1.807, 2.05) is 18.7 Å². The number of fused-ring (bicyclic) bond motifs is 1. The quantitative estimate of drug-likeness (QED) is 0.864. The number of aryl methyl sites for hydroxylation is 1. The standard InChI is InChI=1S/C17H26N2O/c1-3-19(4-2)17(20)11-12-18-16-10-9-14-7-5-6-8-15(14)13-16/h5-8,16,18H,3-4,9-13H2,1-2H3. The molecule has 1 amide bonds. The maximum Gasteiger partial charge on any atom is 0.223 e. The van der Waals surface area contributed by atoms with Gasteiger partial charge in [-0.3, -0.25) is 4.79 Å². The van der Waals surface area contributed by atoms with Gasteiger partial charge in [0, 0.05) is 32.1 Å². The molecule has 0 aromatic heterocycles. The van der Waals surface area contributed by atoms with Crippen molar-refractivity contribution < 1.29 is 4.79 Å². The molecule has 2 rings (SSSR count). The summed E-state index contributed by atoms with van der Waals surface area (Å²) in [5.74, 6) is 0.263. The van der Waals surface area contributed by atoms with E-state index in [-0.39, 0.29) is 5.91 Å². The lowest BCUT2D eigenvalue weighted by molar-refractivity contribution is -0.130. The van der Waals surface area contributed by atoms with Gasteiger partial charge in [0.2, 0.25) is 5.91 Å². The van der Waals surface area contributed by atoms with Gasteiger partial charge >= 0.3 is 0 Å². The lowest BCUT2D eigenvalue weighted by Gasteiger charge is -2.26. The van der Waals surface area contributed by atoms with Gasteiger partial charge in [-0.1, -0.05) is 24.3 Å². The first-order valence-electron chi connectivity index (χ1n) is 7.82. The van der Waals surface area contributed by atoms with Gasteiger partial charge in [-0.05, 0) is 44.2 Å². The lowest BCUT2D eigenvalue weighted by Crippen LogP contribution is -2.38. The monoisotopic (exact) mass is 274 g/mol. The number of carbonyl (C=O) groups is 1. The van der Waals surface area contributed by atoms with Gasteiger partial charge in [0.05, 0.1) is 0 Å². The van der Waals surface area contributed by atoms with Gasteiger partial charge in [0.25, 0.3) is 0 Å². The van der Waals surface area contributed by atoms with Crippen molar-refractivity contribution in [2.24, 2.45) is 0 Å². The average molecular weight is 274 g/mol. The molecule has 0 spiro atoms. The van der Waals surface area contributed by atoms with Crippen molar-refractivity contribution in [2.75, 3.05) is 19.6 Å². The van der Waals surface area contributed by atoms with E-state index in [0.29, 0.717) is 12.5 Å². The zero-order valence-electron chi connectivity index (χ0n) is 12.7. The van der Waals surface area contributed by atoms with Crippen molar-refractivity contribution in [1.82, 2.24) is 10.2 Å². The van der Waals surface area contributed by atoms with Crippen LogP contribution in [0.5, 0.6) is 0 Å². The van der Waals surface area contributed by atoms with E-state index >= 15 is 0 Å². The molecule has 0 radical (unpaired) electrons. The van der Waals surface area contributed by atoms with Gasteiger partial charge in [0.1, 0.15) is 0 Å². The summed E-state index contributed by atoms with van der Waals surface area (Å²) in [6, 6.07) is 9.22. The second kappa shape index (κ2) is 7.44. The number of hydrogen-bond donors (Lipinski definition) is 1. The topological polar surface area (TPSA) is 32.3 Å². The first kappa shape index (κ1) is 15.0. The number of benzene rings is 1. The molecule has 3 nitrogen and oxygen atoms in total. The van der Waals surface area contributed by atoms with Crippen LogP contribution < -0.4 is 5.32 Å². The Bertz CT molecular complexity index is 440. The molecule has 1 N–H and O–H groups in total. The van der Waals surface area contributed by atoms with Crippen LogP contribution in [0.2, 0.25) is 0 Å². The van der Waals surface area contributed by atoms with Crippen LogP contribution in [0, 0.1) is 0 Å². The Morgan fingerprint density at radius 2 is 1.95 bits per heavy atom. The molecular formula is C17H26N2O. The fourth-order valence-electron chi connectivity index (χ4n) is 2.99. The molecule has 0 heterocycles. The predicted molar refractivity (Wildman–Crippen MR) is 82.8 cm³/mol. The van der Waals surface area contributed by atoms with Gasteiger partial charge in [-0.2, -0.15) is 0 Å². The number of nitrogens with one attached hydrogen (secondary N) is 1. The fraction of sp³-hybridized carbons (Fsp3) is 0.588. The Kier molecular flexibility index (Phi) is 5.60. The molecule has 1 unspecified atom stereocenters. The summed E-state index contributed by atoms with van der Waals surface area (Å²) < 4.78 is 0. The highest BCUT2D eigenvalue weighted by Gasteiger charge is 2.18. The Morgan fingerprint density at radius 1 is 1.25 bits per heavy atom. The third-order valence-electron chi connectivity index (χ3n) is 4.23. The van der Waals surface area contributed by atoms with Crippen LogP contribution >= 0.6 is 0 Å². The highest BCUT2D eigenvalue weighted by atomic mass is 16.2. The van der Waals surface area contributed by atoms with Crippen LogP contribution in [0.4, 0.5) is 0 Å². The van der Waals surface area contributed by atoms with E-state index in [9.17, 15) is 4.79 Å². The van der Waals surface area contributed by atoms with Crippen LogP contribution in [0.3, 0.4) is 0 Å². The summed E-state index contributed by atoms with van der Waals surface area (Å²) in [5.41, 5.74) is 2.95. The molecular weight excluding hydrogens is 248 g/mol. The van der Waals surface area contributed by atoms with Crippen LogP contribution in [0.15, 0.2) is 24.3 Å². The van der Waals surface area contributed by atoms with E-state index in [1.54, 1.807) is 0 Å². The summed E-state index contributed by atoms with van der Waals surface area (Å²) in [7, 11) is 0. The molecule has 0 bridgehead atoms. The van der Waals surface area contributed by atoms with Gasteiger partial charge in [-0.25, -0.2) is 0 Å². The minimum Gasteiger partial charge on any atom is -0.343 e. The maximum atomic E-state index is 11.9. The van der Waals surface area contributed by atoms with Crippen LogP contribution in [-0.2, 0) is 17.6 Å². The molecule has 0 saturated heterocycles. The Hall–Kier alpha value is -1.35. The van der Waals surface area contributed by atoms with E-state index in [0.717, 1.165) is 32.5 Å². The van der Waals surface area contributed by atoms with Crippen molar-refractivity contribution in [3.8, 4) is 0 Å². The predicted octanol–water partition coefficient (Wildman–Crippen LogP) is 2.39. The van der Waals surface area contributed by atoms with Crippen LogP contribution in [0.1, 0.15) is 37.8 Å². The zero-order chi connectivity index (χ0) is 14.4. The summed E-state index contributed by atoms with van der Waals surface area (Å²) in [5, 5.41) is 3.55. The molecule has 20 heavy (non-hydrogen) atoms. The van der Waals surface area contributed by atoms with Crippen molar-refractivity contribution in [2.45, 2.75) is 45.6 Å². The summed E-state index contributed by atoms with van der Waals surface area (Å²) in [4.78, 5) is 13.8. The van der Waals surface area contributed by atoms with Gasteiger partial charge < -0.3 is 10.2 Å². The SMILES string of the molecule is CCN(CC)C(=O)CCNC1CCc2ccccc2C1. The summed E-state index contributed by atoms with van der Waals surface area (Å²) in [6.07, 6.45) is 4.03. The molecule has 1 aromatic carbocycles. The van der Waals surface area contributed by atoms with Gasteiger partial charge in [0.15, 0.2) is 0 Å². The first-order chi connectivity index (χ1) is 9.74. The first-order valence-corrected chi connectivity index (χ1v) is 7.82. The number of rotatable bonds is 6. The molecule has 0 aliphatic heterocycles. The smallest absolute Gasteiger partial charge is 0.223 e. The van der Waals surface area contributed by atoms with E-state index in [4.69, 9.17) is 0 Å². The van der Waals surface area contributed by atoms with E-state index < -0.39 is 0 Å². The lowest BCUT2D eigenvalue weighted by atomic mass is 9.88. The van der Waals surface area contributed by atoms with Crippen molar-refractivity contribution in [3.05, 3.63) is 35.4 Å². The minimum absolute atomic E-state index is 0.263. The number of amides is 1. The average Bonchev–Trinajstić information content (AvgIpc) is 2.48. The molecule has 1 aromatic rings. The molecule has 1 aliphatic carbocycles. The second-order valence-corrected chi connectivity index (χ2v) is 5.48. The highest BCUT2D eigenvalue weighted by Crippen LogP contribution is 2.20. The second-order valence-electron chi connectivity index (χ2n) is 5.48. The molecule has 110 valence electrons. The number of carbonyl (C=O) groups excluding carboxylic acids is 1. The fourth-order valence-corrected chi connectivity index (χ4v) is 2.99. The minimum atomic E-state index is 0.263. The van der Waals surface area contributed by atoms with Crippen molar-refractivity contribution in [1.29, 1.82) is 0 Å². The Morgan fingerprint density at radius 3 is 2.65 bits per heavy atom. The van der Waals surface area contributed by atoms with E-state index in [2.05, 4.69) is 29.6 Å². The maximum absolute atomic E-state index is 11.9. The summed E-state index contributed by atoms with van der Waals surface area (Å²) in [6.45, 7) is 6.49. The summed E-state index contributed by atoms with van der Waals surface area (Å²) >= 11 is 0. The van der Waals surface area contributed by atoms with Crippen molar-refractivity contribution in [3.63, 3.8) is 0 Å². The number of hydrogen-bond acceptors (Lipinski definition) is 2. The third kappa shape index (κ3) is 3.83. The third-order valence-corrected chi connectivity index (χ3v) is 4.23. The zero-order valence-corrected chi connectivity index (χ0v) is 12.7. The van der Waals surface area contributed by atoms with Crippen molar-refractivity contribution >= 4 is 5.91 Å². The Labute approximate surface area is 122 Å². The van der Waals surface area contributed by atoms with Crippen LogP contribution in [-0.4, -0.2) is 36.5 Å². The molecule has 0 saturated carbocycles. The Balaban J connectivity index is 1.75. The number of nitrogens with zero attached hydrogens (tertiary/aromatic N) is 1. The molecule has 3 heteroatoms. The molecule has 1 atom stereocenters.